The van der Waals surface area contributed by atoms with Gasteiger partial charge < -0.3 is 19.1 Å². The maximum Gasteiger partial charge on any atom is 0.289 e. The fourth-order valence-corrected chi connectivity index (χ4v) is 6.80. The number of hydrogen-bond acceptors (Lipinski definition) is 4. The third-order valence-corrected chi connectivity index (χ3v) is 8.47. The molecule has 3 aliphatic heterocycles. The SMILES string of the molecule is CCN1C[C@@H]2C3(CCN(C(=O)c4ccco4)CC3)CC[C@]2(C(=O)N2CCCC2)C1. The molecule has 2 atom stereocenters. The summed E-state index contributed by atoms with van der Waals surface area (Å²) in [6, 6.07) is 3.52. The average Bonchev–Trinajstić information content (AvgIpc) is 3.53. The zero-order chi connectivity index (χ0) is 20.1. The zero-order valence-corrected chi connectivity index (χ0v) is 17.6. The van der Waals surface area contributed by atoms with Gasteiger partial charge in [0.1, 0.15) is 0 Å². The van der Waals surface area contributed by atoms with Crippen LogP contribution < -0.4 is 0 Å². The van der Waals surface area contributed by atoms with Crippen molar-refractivity contribution in [3.8, 4) is 0 Å². The molecule has 0 unspecified atom stereocenters. The maximum atomic E-state index is 13.7. The molecule has 0 radical (unpaired) electrons. The Labute approximate surface area is 173 Å². The van der Waals surface area contributed by atoms with E-state index in [0.717, 1.165) is 84.3 Å². The number of amides is 2. The van der Waals surface area contributed by atoms with Crippen molar-refractivity contribution in [2.75, 3.05) is 45.8 Å². The normalized spacial score (nSPS) is 31.6. The molecule has 4 heterocycles. The van der Waals surface area contributed by atoms with Crippen LogP contribution in [0.5, 0.6) is 0 Å². The van der Waals surface area contributed by atoms with Crippen LogP contribution in [0.4, 0.5) is 0 Å². The summed E-state index contributed by atoms with van der Waals surface area (Å²) in [6.07, 6.45) is 8.05. The lowest BCUT2D eigenvalue weighted by Crippen LogP contribution is -2.50. The van der Waals surface area contributed by atoms with Gasteiger partial charge in [0.2, 0.25) is 5.91 Å². The van der Waals surface area contributed by atoms with Gasteiger partial charge in [-0.05, 0) is 68.5 Å². The van der Waals surface area contributed by atoms with Crippen molar-refractivity contribution in [3.05, 3.63) is 24.2 Å². The van der Waals surface area contributed by atoms with Crippen LogP contribution in [0.2, 0.25) is 0 Å². The van der Waals surface area contributed by atoms with E-state index < -0.39 is 0 Å². The minimum atomic E-state index is -0.187. The summed E-state index contributed by atoms with van der Waals surface area (Å²) in [5.74, 6) is 1.30. The van der Waals surface area contributed by atoms with Crippen LogP contribution in [-0.2, 0) is 4.79 Å². The third-order valence-electron chi connectivity index (χ3n) is 8.47. The summed E-state index contributed by atoms with van der Waals surface area (Å²) in [6.45, 7) is 8.64. The van der Waals surface area contributed by atoms with E-state index >= 15 is 0 Å². The maximum absolute atomic E-state index is 13.7. The Morgan fingerprint density at radius 1 is 1.07 bits per heavy atom. The first kappa shape index (κ1) is 19.2. The first-order valence-corrected chi connectivity index (χ1v) is 11.4. The van der Waals surface area contributed by atoms with E-state index in [-0.39, 0.29) is 16.7 Å². The third kappa shape index (κ3) is 2.94. The highest BCUT2D eigenvalue weighted by Crippen LogP contribution is 2.62. The van der Waals surface area contributed by atoms with E-state index in [9.17, 15) is 9.59 Å². The van der Waals surface area contributed by atoms with Crippen LogP contribution in [0.15, 0.2) is 22.8 Å². The molecule has 3 saturated heterocycles. The van der Waals surface area contributed by atoms with Gasteiger partial charge in [-0.15, -0.1) is 0 Å². The number of carbonyl (C=O) groups is 2. The lowest BCUT2D eigenvalue weighted by Gasteiger charge is -2.44. The van der Waals surface area contributed by atoms with Crippen molar-refractivity contribution >= 4 is 11.8 Å². The number of nitrogens with zero attached hydrogens (tertiary/aromatic N) is 3. The van der Waals surface area contributed by atoms with Gasteiger partial charge in [-0.3, -0.25) is 9.59 Å². The van der Waals surface area contributed by atoms with E-state index in [1.54, 1.807) is 18.4 Å². The van der Waals surface area contributed by atoms with Crippen molar-refractivity contribution in [2.24, 2.45) is 16.7 Å². The van der Waals surface area contributed by atoms with Crippen LogP contribution >= 0.6 is 0 Å². The Morgan fingerprint density at radius 3 is 2.48 bits per heavy atom. The Balaban J connectivity index is 1.35. The van der Waals surface area contributed by atoms with Gasteiger partial charge >= 0.3 is 0 Å². The molecule has 1 spiro atoms. The van der Waals surface area contributed by atoms with Crippen LogP contribution in [0.25, 0.3) is 0 Å². The molecule has 1 aromatic rings. The highest BCUT2D eigenvalue weighted by atomic mass is 16.3. The molecule has 1 saturated carbocycles. The molecule has 1 aromatic heterocycles. The molecule has 2 amide bonds. The summed E-state index contributed by atoms with van der Waals surface area (Å²) < 4.78 is 5.32. The number of hydrogen-bond donors (Lipinski definition) is 0. The Bertz CT molecular complexity index is 762. The number of rotatable bonds is 3. The largest absolute Gasteiger partial charge is 0.459 e. The second-order valence-electron chi connectivity index (χ2n) is 9.67. The van der Waals surface area contributed by atoms with Gasteiger partial charge in [-0.2, -0.15) is 0 Å². The zero-order valence-electron chi connectivity index (χ0n) is 17.6. The van der Waals surface area contributed by atoms with Crippen molar-refractivity contribution in [1.29, 1.82) is 0 Å². The van der Waals surface area contributed by atoms with Gasteiger partial charge in [0.15, 0.2) is 5.76 Å². The van der Waals surface area contributed by atoms with E-state index in [0.29, 0.717) is 17.6 Å². The number of furan rings is 1. The highest BCUT2D eigenvalue weighted by molar-refractivity contribution is 5.91. The van der Waals surface area contributed by atoms with Gasteiger partial charge in [0.25, 0.3) is 5.91 Å². The Hall–Kier alpha value is -1.82. The van der Waals surface area contributed by atoms with Gasteiger partial charge in [-0.1, -0.05) is 6.92 Å². The minimum absolute atomic E-state index is 0.00357. The molecule has 4 aliphatic rings. The predicted molar refractivity (Wildman–Crippen MR) is 109 cm³/mol. The van der Waals surface area contributed by atoms with Gasteiger partial charge in [0.05, 0.1) is 11.7 Å². The lowest BCUT2D eigenvalue weighted by molar-refractivity contribution is -0.142. The molecule has 158 valence electrons. The summed E-state index contributed by atoms with van der Waals surface area (Å²) in [5.41, 5.74) is 0.0206. The topological polar surface area (TPSA) is 57.0 Å². The number of carbonyl (C=O) groups excluding carboxylic acids is 2. The van der Waals surface area contributed by atoms with Crippen LogP contribution in [0, 0.1) is 16.7 Å². The molecule has 0 N–H and O–H groups in total. The van der Waals surface area contributed by atoms with Crippen LogP contribution in [-0.4, -0.2) is 72.3 Å². The predicted octanol–water partition coefficient (Wildman–Crippen LogP) is 2.86. The number of piperidine rings is 1. The second-order valence-corrected chi connectivity index (χ2v) is 9.67. The van der Waals surface area contributed by atoms with Crippen molar-refractivity contribution < 1.29 is 14.0 Å². The molecule has 29 heavy (non-hydrogen) atoms. The minimum Gasteiger partial charge on any atom is -0.459 e. The standard InChI is InChI=1S/C23H33N3O3/c1-2-24-16-19-22(7-8-23(19,17-24)21(28)26-11-3-4-12-26)9-13-25(14-10-22)20(27)18-6-5-15-29-18/h5-6,15,19H,2-4,7-14,16-17H2,1H3/t19-,23+/m1/s1. The molecule has 6 nitrogen and oxygen atoms in total. The van der Waals surface area contributed by atoms with Crippen molar-refractivity contribution in [1.82, 2.24) is 14.7 Å². The summed E-state index contributed by atoms with van der Waals surface area (Å²) in [4.78, 5) is 33.0. The average molecular weight is 400 g/mol. The van der Waals surface area contributed by atoms with Crippen LogP contribution in [0.3, 0.4) is 0 Å². The molecule has 5 rings (SSSR count). The summed E-state index contributed by atoms with van der Waals surface area (Å²) >= 11 is 0. The quantitative estimate of drug-likeness (QED) is 0.784. The summed E-state index contributed by atoms with van der Waals surface area (Å²) in [7, 11) is 0. The molecule has 1 aliphatic carbocycles. The first-order valence-electron chi connectivity index (χ1n) is 11.4. The van der Waals surface area contributed by atoms with E-state index in [2.05, 4.69) is 16.7 Å². The molecule has 4 fully saturated rings. The number of fused-ring (bicyclic) bond motifs is 2. The van der Waals surface area contributed by atoms with Gasteiger partial charge in [0, 0.05) is 39.3 Å². The Morgan fingerprint density at radius 2 is 1.83 bits per heavy atom. The fourth-order valence-electron chi connectivity index (χ4n) is 6.80. The molecule has 0 aromatic carbocycles. The van der Waals surface area contributed by atoms with E-state index in [1.807, 2.05) is 4.90 Å². The van der Waals surface area contributed by atoms with E-state index in [4.69, 9.17) is 4.42 Å². The molecule has 0 bridgehead atoms. The molecular weight excluding hydrogens is 366 g/mol. The lowest BCUT2D eigenvalue weighted by atomic mass is 9.65. The second kappa shape index (κ2) is 7.15. The van der Waals surface area contributed by atoms with Crippen molar-refractivity contribution in [2.45, 2.75) is 45.4 Å². The monoisotopic (exact) mass is 399 g/mol. The molecule has 6 heteroatoms. The first-order chi connectivity index (χ1) is 14.1. The van der Waals surface area contributed by atoms with Crippen LogP contribution in [0.1, 0.15) is 56.0 Å². The Kier molecular flexibility index (Phi) is 4.72. The van der Waals surface area contributed by atoms with Crippen molar-refractivity contribution in [3.63, 3.8) is 0 Å². The van der Waals surface area contributed by atoms with E-state index in [1.165, 1.54) is 0 Å². The fraction of sp³-hybridized carbons (Fsp3) is 0.739. The highest BCUT2D eigenvalue weighted by Gasteiger charge is 2.64. The smallest absolute Gasteiger partial charge is 0.289 e. The summed E-state index contributed by atoms with van der Waals surface area (Å²) in [5, 5.41) is 0. The number of likely N-dealkylation sites (tertiary alicyclic amines) is 3. The molecular formula is C23H33N3O3. The van der Waals surface area contributed by atoms with Gasteiger partial charge in [-0.25, -0.2) is 0 Å².